The summed E-state index contributed by atoms with van der Waals surface area (Å²) in [6.07, 6.45) is 0.836. The Morgan fingerprint density at radius 2 is 1.68 bits per heavy atom. The van der Waals surface area contributed by atoms with Crippen LogP contribution in [0.25, 0.3) is 0 Å². The van der Waals surface area contributed by atoms with Crippen LogP contribution >= 0.6 is 0 Å². The number of hydrogen-bond donors (Lipinski definition) is 1. The van der Waals surface area contributed by atoms with Gasteiger partial charge in [0.2, 0.25) is 11.8 Å². The van der Waals surface area contributed by atoms with Gasteiger partial charge in [-0.2, -0.15) is 0 Å². The normalized spacial score (nSPS) is 11.9. The number of carbonyl (C=O) groups excluding carboxylic acids is 2. The Labute approximate surface area is 166 Å². The number of aryl methyl sites for hydroxylation is 1. The molecule has 1 atom stereocenters. The molecule has 5 heteroatoms. The van der Waals surface area contributed by atoms with E-state index in [1.54, 1.807) is 25.1 Å². The second kappa shape index (κ2) is 10.0. The summed E-state index contributed by atoms with van der Waals surface area (Å²) in [5.41, 5.74) is 2.72. The second-order valence-corrected chi connectivity index (χ2v) is 7.30. The highest BCUT2D eigenvalue weighted by Gasteiger charge is 2.26. The molecule has 0 spiro atoms. The summed E-state index contributed by atoms with van der Waals surface area (Å²) in [6.45, 7) is 6.00. The van der Waals surface area contributed by atoms with E-state index in [1.165, 1.54) is 23.6 Å². The number of halogens is 1. The van der Waals surface area contributed by atoms with Crippen molar-refractivity contribution in [2.24, 2.45) is 0 Å². The van der Waals surface area contributed by atoms with Gasteiger partial charge in [0, 0.05) is 25.6 Å². The molecule has 1 N–H and O–H groups in total. The van der Waals surface area contributed by atoms with Crippen molar-refractivity contribution in [2.45, 2.75) is 52.1 Å². The van der Waals surface area contributed by atoms with E-state index in [-0.39, 0.29) is 30.6 Å². The molecule has 0 fully saturated rings. The van der Waals surface area contributed by atoms with E-state index in [4.69, 9.17) is 0 Å². The summed E-state index contributed by atoms with van der Waals surface area (Å²) in [6, 6.07) is 13.9. The SMILES string of the molecule is CNC(=O)[C@@H](C)N(Cc1ccccc1F)C(=O)CCc1ccc(C(C)C)cc1. The molecule has 0 unspecified atom stereocenters. The average Bonchev–Trinajstić information content (AvgIpc) is 2.70. The largest absolute Gasteiger partial charge is 0.357 e. The van der Waals surface area contributed by atoms with Crippen molar-refractivity contribution in [1.29, 1.82) is 0 Å². The summed E-state index contributed by atoms with van der Waals surface area (Å²) in [5, 5.41) is 2.56. The van der Waals surface area contributed by atoms with E-state index in [9.17, 15) is 14.0 Å². The molecule has 0 aliphatic rings. The van der Waals surface area contributed by atoms with Crippen LogP contribution < -0.4 is 5.32 Å². The first kappa shape index (κ1) is 21.6. The van der Waals surface area contributed by atoms with E-state index in [0.717, 1.165) is 5.56 Å². The van der Waals surface area contributed by atoms with Gasteiger partial charge in [-0.15, -0.1) is 0 Å². The zero-order valence-electron chi connectivity index (χ0n) is 17.0. The molecule has 0 bridgehead atoms. The predicted molar refractivity (Wildman–Crippen MR) is 109 cm³/mol. The third kappa shape index (κ3) is 5.65. The zero-order valence-corrected chi connectivity index (χ0v) is 17.0. The monoisotopic (exact) mass is 384 g/mol. The molecule has 2 aromatic carbocycles. The fourth-order valence-electron chi connectivity index (χ4n) is 3.07. The van der Waals surface area contributed by atoms with Gasteiger partial charge in [-0.25, -0.2) is 4.39 Å². The quantitative estimate of drug-likeness (QED) is 0.747. The van der Waals surface area contributed by atoms with Crippen molar-refractivity contribution in [2.75, 3.05) is 7.05 Å². The molecule has 0 saturated carbocycles. The van der Waals surface area contributed by atoms with Crippen molar-refractivity contribution >= 4 is 11.8 Å². The Bertz CT molecular complexity index is 803. The molecule has 4 nitrogen and oxygen atoms in total. The summed E-state index contributed by atoms with van der Waals surface area (Å²) in [7, 11) is 1.53. The van der Waals surface area contributed by atoms with Gasteiger partial charge in [-0.1, -0.05) is 56.3 Å². The van der Waals surface area contributed by atoms with Crippen molar-refractivity contribution in [1.82, 2.24) is 10.2 Å². The molecule has 0 aromatic heterocycles. The standard InChI is InChI=1S/C23H29FN2O2/c1-16(2)19-12-9-18(10-13-19)11-14-22(27)26(17(3)23(28)25-4)15-20-7-5-6-8-21(20)24/h5-10,12-13,16-17H,11,14-15H2,1-4H3,(H,25,28)/t17-/m1/s1. The van der Waals surface area contributed by atoms with Gasteiger partial charge < -0.3 is 10.2 Å². The van der Waals surface area contributed by atoms with Gasteiger partial charge in [-0.05, 0) is 36.5 Å². The van der Waals surface area contributed by atoms with Crippen molar-refractivity contribution in [3.05, 3.63) is 71.0 Å². The third-order valence-corrected chi connectivity index (χ3v) is 4.99. The summed E-state index contributed by atoms with van der Waals surface area (Å²) >= 11 is 0. The van der Waals surface area contributed by atoms with E-state index in [2.05, 4.69) is 31.3 Å². The van der Waals surface area contributed by atoms with Gasteiger partial charge in [0.15, 0.2) is 0 Å². The maximum absolute atomic E-state index is 14.1. The average molecular weight is 384 g/mol. The maximum Gasteiger partial charge on any atom is 0.242 e. The van der Waals surface area contributed by atoms with E-state index in [0.29, 0.717) is 17.9 Å². The maximum atomic E-state index is 14.1. The lowest BCUT2D eigenvalue weighted by atomic mass is 10.00. The predicted octanol–water partition coefficient (Wildman–Crippen LogP) is 4.05. The van der Waals surface area contributed by atoms with Crippen LogP contribution in [0.2, 0.25) is 0 Å². The molecule has 2 amide bonds. The molecule has 2 rings (SSSR count). The highest BCUT2D eigenvalue weighted by Crippen LogP contribution is 2.17. The van der Waals surface area contributed by atoms with Crippen molar-refractivity contribution < 1.29 is 14.0 Å². The number of amides is 2. The number of benzene rings is 2. The first-order valence-corrected chi connectivity index (χ1v) is 9.66. The Morgan fingerprint density at radius 3 is 2.25 bits per heavy atom. The van der Waals surface area contributed by atoms with Gasteiger partial charge in [-0.3, -0.25) is 9.59 Å². The van der Waals surface area contributed by atoms with Crippen molar-refractivity contribution in [3.8, 4) is 0 Å². The lowest BCUT2D eigenvalue weighted by Gasteiger charge is -2.28. The minimum Gasteiger partial charge on any atom is -0.357 e. The Morgan fingerprint density at radius 1 is 1.04 bits per heavy atom. The number of nitrogens with zero attached hydrogens (tertiary/aromatic N) is 1. The van der Waals surface area contributed by atoms with Gasteiger partial charge in [0.1, 0.15) is 11.9 Å². The highest BCUT2D eigenvalue weighted by atomic mass is 19.1. The van der Waals surface area contributed by atoms with Crippen LogP contribution in [0.5, 0.6) is 0 Å². The Kier molecular flexibility index (Phi) is 7.73. The molecule has 0 aliphatic carbocycles. The number of likely N-dealkylation sites (N-methyl/N-ethyl adjacent to an activating group) is 1. The smallest absolute Gasteiger partial charge is 0.242 e. The topological polar surface area (TPSA) is 49.4 Å². The summed E-state index contributed by atoms with van der Waals surface area (Å²) in [4.78, 5) is 26.4. The van der Waals surface area contributed by atoms with Crippen LogP contribution in [0.1, 0.15) is 49.8 Å². The summed E-state index contributed by atoms with van der Waals surface area (Å²) in [5.74, 6) is -0.368. The first-order chi connectivity index (χ1) is 13.3. The van der Waals surface area contributed by atoms with Crippen LogP contribution in [0.3, 0.4) is 0 Å². The Balaban J connectivity index is 2.11. The number of carbonyl (C=O) groups is 2. The van der Waals surface area contributed by atoms with E-state index < -0.39 is 6.04 Å². The molecule has 2 aromatic rings. The third-order valence-electron chi connectivity index (χ3n) is 4.99. The lowest BCUT2D eigenvalue weighted by Crippen LogP contribution is -2.46. The van der Waals surface area contributed by atoms with Crippen LogP contribution in [-0.2, 0) is 22.6 Å². The molecular weight excluding hydrogens is 355 g/mol. The molecule has 0 heterocycles. The fourth-order valence-corrected chi connectivity index (χ4v) is 3.07. The summed E-state index contributed by atoms with van der Waals surface area (Å²) < 4.78 is 14.1. The van der Waals surface area contributed by atoms with Gasteiger partial charge in [0.25, 0.3) is 0 Å². The molecule has 150 valence electrons. The van der Waals surface area contributed by atoms with E-state index in [1.807, 2.05) is 12.1 Å². The number of hydrogen-bond acceptors (Lipinski definition) is 2. The molecule has 0 aliphatic heterocycles. The molecule has 28 heavy (non-hydrogen) atoms. The van der Waals surface area contributed by atoms with Crippen LogP contribution in [-0.4, -0.2) is 29.8 Å². The second-order valence-electron chi connectivity index (χ2n) is 7.30. The Hall–Kier alpha value is -2.69. The van der Waals surface area contributed by atoms with Crippen molar-refractivity contribution in [3.63, 3.8) is 0 Å². The molecular formula is C23H29FN2O2. The van der Waals surface area contributed by atoms with Gasteiger partial charge >= 0.3 is 0 Å². The zero-order chi connectivity index (χ0) is 20.7. The van der Waals surface area contributed by atoms with Crippen LogP contribution in [0.15, 0.2) is 48.5 Å². The fraction of sp³-hybridized carbons (Fsp3) is 0.391. The number of rotatable bonds is 8. The van der Waals surface area contributed by atoms with Crippen LogP contribution in [0.4, 0.5) is 4.39 Å². The molecule has 0 radical (unpaired) electrons. The molecule has 0 saturated heterocycles. The number of nitrogens with one attached hydrogen (secondary N) is 1. The lowest BCUT2D eigenvalue weighted by molar-refractivity contribution is -0.140. The van der Waals surface area contributed by atoms with Gasteiger partial charge in [0.05, 0.1) is 0 Å². The minimum atomic E-state index is -0.680. The van der Waals surface area contributed by atoms with E-state index >= 15 is 0 Å². The highest BCUT2D eigenvalue weighted by molar-refractivity contribution is 5.87. The minimum absolute atomic E-state index is 0.0619. The first-order valence-electron chi connectivity index (χ1n) is 9.66. The van der Waals surface area contributed by atoms with Crippen LogP contribution in [0, 0.1) is 5.82 Å².